The fourth-order valence-corrected chi connectivity index (χ4v) is 2.30. The Morgan fingerprint density at radius 2 is 1.75 bits per heavy atom. The molecule has 102 valence electrons. The van der Waals surface area contributed by atoms with E-state index in [1.165, 1.54) is 16.5 Å². The maximum absolute atomic E-state index is 5.53. The van der Waals surface area contributed by atoms with Crippen molar-refractivity contribution in [2.24, 2.45) is 0 Å². The number of benzene rings is 2. The van der Waals surface area contributed by atoms with Gasteiger partial charge < -0.3 is 15.1 Å². The van der Waals surface area contributed by atoms with Crippen molar-refractivity contribution in [3.05, 3.63) is 65.9 Å². The van der Waals surface area contributed by atoms with Gasteiger partial charge in [-0.1, -0.05) is 30.3 Å². The number of nitrogens with one attached hydrogen (secondary N) is 2. The fraction of sp³-hybridized carbons (Fsp3) is 0.176. The molecule has 20 heavy (non-hydrogen) atoms. The summed E-state index contributed by atoms with van der Waals surface area (Å²) in [5, 5.41) is 7.76. The van der Waals surface area contributed by atoms with Crippen molar-refractivity contribution in [2.45, 2.75) is 13.1 Å². The number of furan rings is 1. The quantitative estimate of drug-likeness (QED) is 0.738. The molecule has 0 aliphatic carbocycles. The Labute approximate surface area is 118 Å². The molecule has 1 aromatic heterocycles. The van der Waals surface area contributed by atoms with E-state index in [-0.39, 0.29) is 0 Å². The van der Waals surface area contributed by atoms with Crippen molar-refractivity contribution >= 4 is 16.7 Å². The standard InChI is InChI=1S/C17H18N2O/c1-18-15-8-6-13(7-9-15)10-19-11-14-12-20-17-5-3-2-4-16(14)17/h2-9,12,18-19H,10-11H2,1H3. The summed E-state index contributed by atoms with van der Waals surface area (Å²) >= 11 is 0. The molecule has 0 aliphatic heterocycles. The highest BCUT2D eigenvalue weighted by Gasteiger charge is 2.04. The summed E-state index contributed by atoms with van der Waals surface area (Å²) < 4.78 is 5.53. The zero-order valence-electron chi connectivity index (χ0n) is 11.5. The molecule has 2 N–H and O–H groups in total. The van der Waals surface area contributed by atoms with Crippen molar-refractivity contribution in [3.63, 3.8) is 0 Å². The molecule has 3 heteroatoms. The molecule has 0 saturated heterocycles. The van der Waals surface area contributed by atoms with Crippen LogP contribution in [0, 0.1) is 0 Å². The van der Waals surface area contributed by atoms with Gasteiger partial charge in [-0.25, -0.2) is 0 Å². The van der Waals surface area contributed by atoms with Gasteiger partial charge in [0, 0.05) is 36.8 Å². The summed E-state index contributed by atoms with van der Waals surface area (Å²) in [6.07, 6.45) is 1.84. The van der Waals surface area contributed by atoms with Gasteiger partial charge in [-0.3, -0.25) is 0 Å². The Bertz CT molecular complexity index is 686. The fourth-order valence-electron chi connectivity index (χ4n) is 2.30. The lowest BCUT2D eigenvalue weighted by atomic mass is 10.1. The molecule has 0 radical (unpaired) electrons. The first kappa shape index (κ1) is 12.8. The number of anilines is 1. The normalized spacial score (nSPS) is 10.8. The predicted octanol–water partition coefficient (Wildman–Crippen LogP) is 3.76. The molecule has 3 rings (SSSR count). The highest BCUT2D eigenvalue weighted by Crippen LogP contribution is 2.20. The Morgan fingerprint density at radius 3 is 2.55 bits per heavy atom. The smallest absolute Gasteiger partial charge is 0.134 e. The number of fused-ring (bicyclic) bond motifs is 1. The van der Waals surface area contributed by atoms with Crippen molar-refractivity contribution < 1.29 is 4.42 Å². The number of hydrogen-bond acceptors (Lipinski definition) is 3. The van der Waals surface area contributed by atoms with E-state index in [1.807, 2.05) is 31.5 Å². The summed E-state index contributed by atoms with van der Waals surface area (Å²) in [6, 6.07) is 16.6. The lowest BCUT2D eigenvalue weighted by molar-refractivity contribution is 0.602. The monoisotopic (exact) mass is 266 g/mol. The maximum Gasteiger partial charge on any atom is 0.134 e. The van der Waals surface area contributed by atoms with Crippen LogP contribution in [0.15, 0.2) is 59.2 Å². The van der Waals surface area contributed by atoms with Gasteiger partial charge >= 0.3 is 0 Å². The van der Waals surface area contributed by atoms with Crippen LogP contribution >= 0.6 is 0 Å². The van der Waals surface area contributed by atoms with Crippen LogP contribution in [0.4, 0.5) is 5.69 Å². The Kier molecular flexibility index (Phi) is 3.70. The van der Waals surface area contributed by atoms with Crippen LogP contribution in [0.1, 0.15) is 11.1 Å². The summed E-state index contributed by atoms with van der Waals surface area (Å²) in [4.78, 5) is 0. The van der Waals surface area contributed by atoms with E-state index in [0.717, 1.165) is 24.4 Å². The molecule has 0 atom stereocenters. The predicted molar refractivity (Wildman–Crippen MR) is 82.7 cm³/mol. The first-order chi connectivity index (χ1) is 9.86. The van der Waals surface area contributed by atoms with Crippen molar-refractivity contribution in [1.29, 1.82) is 0 Å². The molecular formula is C17H18N2O. The number of para-hydroxylation sites is 1. The zero-order chi connectivity index (χ0) is 13.8. The molecule has 0 bridgehead atoms. The van der Waals surface area contributed by atoms with Gasteiger partial charge in [-0.15, -0.1) is 0 Å². The minimum Gasteiger partial charge on any atom is -0.464 e. The van der Waals surface area contributed by atoms with Crippen LogP contribution in [-0.4, -0.2) is 7.05 Å². The van der Waals surface area contributed by atoms with E-state index >= 15 is 0 Å². The summed E-state index contributed by atoms with van der Waals surface area (Å²) in [7, 11) is 1.93. The number of rotatable bonds is 5. The highest BCUT2D eigenvalue weighted by molar-refractivity contribution is 5.80. The van der Waals surface area contributed by atoms with Crippen LogP contribution in [0.3, 0.4) is 0 Å². The van der Waals surface area contributed by atoms with Gasteiger partial charge in [0.2, 0.25) is 0 Å². The van der Waals surface area contributed by atoms with E-state index in [4.69, 9.17) is 4.42 Å². The lowest BCUT2D eigenvalue weighted by Crippen LogP contribution is -2.12. The van der Waals surface area contributed by atoms with E-state index in [0.29, 0.717) is 0 Å². The molecule has 0 fully saturated rings. The third kappa shape index (κ3) is 2.68. The van der Waals surface area contributed by atoms with Gasteiger partial charge in [-0.2, -0.15) is 0 Å². The highest BCUT2D eigenvalue weighted by atomic mass is 16.3. The largest absolute Gasteiger partial charge is 0.464 e. The van der Waals surface area contributed by atoms with Gasteiger partial charge in [0.1, 0.15) is 5.58 Å². The topological polar surface area (TPSA) is 37.2 Å². The van der Waals surface area contributed by atoms with Gasteiger partial charge in [-0.05, 0) is 23.8 Å². The SMILES string of the molecule is CNc1ccc(CNCc2coc3ccccc23)cc1. The van der Waals surface area contributed by atoms with E-state index in [1.54, 1.807) is 0 Å². The molecule has 3 nitrogen and oxygen atoms in total. The van der Waals surface area contributed by atoms with Crippen molar-refractivity contribution in [2.75, 3.05) is 12.4 Å². The molecule has 0 aliphatic rings. The van der Waals surface area contributed by atoms with Crippen LogP contribution in [0.25, 0.3) is 11.0 Å². The Hall–Kier alpha value is -2.26. The third-order valence-electron chi connectivity index (χ3n) is 3.45. The second-order valence-corrected chi connectivity index (χ2v) is 4.81. The lowest BCUT2D eigenvalue weighted by Gasteiger charge is -2.05. The summed E-state index contributed by atoms with van der Waals surface area (Å²) in [5.74, 6) is 0. The Morgan fingerprint density at radius 1 is 0.950 bits per heavy atom. The molecule has 0 unspecified atom stereocenters. The first-order valence-electron chi connectivity index (χ1n) is 6.79. The first-order valence-corrected chi connectivity index (χ1v) is 6.79. The minimum absolute atomic E-state index is 0.810. The molecule has 0 saturated carbocycles. The van der Waals surface area contributed by atoms with Crippen molar-refractivity contribution in [1.82, 2.24) is 5.32 Å². The molecule has 2 aromatic carbocycles. The minimum atomic E-state index is 0.810. The number of hydrogen-bond donors (Lipinski definition) is 2. The van der Waals surface area contributed by atoms with Crippen LogP contribution in [0.5, 0.6) is 0 Å². The van der Waals surface area contributed by atoms with Crippen LogP contribution < -0.4 is 10.6 Å². The second-order valence-electron chi connectivity index (χ2n) is 4.81. The van der Waals surface area contributed by atoms with Gasteiger partial charge in [0.25, 0.3) is 0 Å². The van der Waals surface area contributed by atoms with Crippen molar-refractivity contribution in [3.8, 4) is 0 Å². The summed E-state index contributed by atoms with van der Waals surface area (Å²) in [6.45, 7) is 1.66. The van der Waals surface area contributed by atoms with Crippen LogP contribution in [-0.2, 0) is 13.1 Å². The second kappa shape index (κ2) is 5.80. The molecule has 1 heterocycles. The Balaban J connectivity index is 1.62. The van der Waals surface area contributed by atoms with E-state index in [2.05, 4.69) is 41.0 Å². The molecular weight excluding hydrogens is 248 g/mol. The average molecular weight is 266 g/mol. The summed E-state index contributed by atoms with van der Waals surface area (Å²) in [5.41, 5.74) is 4.56. The van der Waals surface area contributed by atoms with Crippen LogP contribution in [0.2, 0.25) is 0 Å². The average Bonchev–Trinajstić information content (AvgIpc) is 2.92. The van der Waals surface area contributed by atoms with E-state index < -0.39 is 0 Å². The third-order valence-corrected chi connectivity index (χ3v) is 3.45. The zero-order valence-corrected chi connectivity index (χ0v) is 11.5. The maximum atomic E-state index is 5.53. The molecule has 0 spiro atoms. The molecule has 3 aromatic rings. The van der Waals surface area contributed by atoms with Gasteiger partial charge in [0.05, 0.1) is 6.26 Å². The molecule has 0 amide bonds. The van der Waals surface area contributed by atoms with E-state index in [9.17, 15) is 0 Å². The van der Waals surface area contributed by atoms with Gasteiger partial charge in [0.15, 0.2) is 0 Å².